The van der Waals surface area contributed by atoms with E-state index in [1.807, 2.05) is 71.9 Å². The fourth-order valence-electron chi connectivity index (χ4n) is 7.74. The van der Waals surface area contributed by atoms with Crippen LogP contribution in [0.4, 0.5) is 0 Å². The molecule has 0 saturated carbocycles. The smallest absolute Gasteiger partial charge is 0.326 e. The van der Waals surface area contributed by atoms with Crippen molar-refractivity contribution in [2.75, 3.05) is 34.9 Å². The number of benzene rings is 1. The van der Waals surface area contributed by atoms with Gasteiger partial charge in [0.2, 0.25) is 17.7 Å². The molecule has 3 amide bonds. The molecule has 12 nitrogen and oxygen atoms in total. The number of hydrogen-bond acceptors (Lipinski definition) is 8. The van der Waals surface area contributed by atoms with Crippen LogP contribution in [0.1, 0.15) is 86.1 Å². The minimum Gasteiger partial charge on any atom is -0.480 e. The van der Waals surface area contributed by atoms with Crippen molar-refractivity contribution in [3.63, 3.8) is 0 Å². The molecule has 1 aliphatic rings. The fourth-order valence-corrected chi connectivity index (χ4v) is 7.74. The third-order valence-corrected chi connectivity index (χ3v) is 11.0. The molecule has 1 fully saturated rings. The van der Waals surface area contributed by atoms with Gasteiger partial charge in [0.15, 0.2) is 5.78 Å². The predicted molar refractivity (Wildman–Crippen MR) is 201 cm³/mol. The highest BCUT2D eigenvalue weighted by Crippen LogP contribution is 2.31. The third kappa shape index (κ3) is 11.8. The summed E-state index contributed by atoms with van der Waals surface area (Å²) in [4.78, 5) is 70.6. The van der Waals surface area contributed by atoms with Crippen molar-refractivity contribution in [2.45, 2.75) is 123 Å². The largest absolute Gasteiger partial charge is 0.480 e. The second-order valence-electron chi connectivity index (χ2n) is 15.2. The van der Waals surface area contributed by atoms with Gasteiger partial charge in [-0.2, -0.15) is 0 Å². The Kier molecular flexibility index (Phi) is 18.4. The van der Waals surface area contributed by atoms with Gasteiger partial charge in [0.1, 0.15) is 6.04 Å². The van der Waals surface area contributed by atoms with Gasteiger partial charge in [0, 0.05) is 46.6 Å². The van der Waals surface area contributed by atoms with E-state index in [9.17, 15) is 29.1 Å². The van der Waals surface area contributed by atoms with Crippen LogP contribution in [-0.2, 0) is 39.9 Å². The van der Waals surface area contributed by atoms with E-state index in [4.69, 9.17) is 9.47 Å². The highest BCUT2D eigenvalue weighted by Gasteiger charge is 2.43. The molecule has 12 heteroatoms. The van der Waals surface area contributed by atoms with Crippen molar-refractivity contribution in [1.29, 1.82) is 0 Å². The standard InChI is InChI=1S/C40H66N4O8/c1-12-26(6)36(43(9)39(48)29(24(2)3)22-32(45)35(41-8)25(4)5)33(51-10)23-34(46)44-20-16-19-31(44)37(52-11)27(7)38(47)42-30(40(49)50)21-28-17-14-13-15-18-28/h13-15,17-18,24-27,29-31,33,35-37,41H,12,16,19-23H2,1-11H3,(H,42,47)(H,49,50)/t26-,27+,29?,30-,31-,33+,35-,36-,37+/m0/s1. The van der Waals surface area contributed by atoms with Crippen molar-refractivity contribution >= 4 is 29.5 Å². The number of nitrogens with zero attached hydrogens (tertiary/aromatic N) is 2. The first-order valence-electron chi connectivity index (χ1n) is 18.9. The fraction of sp³-hybridized carbons (Fsp3) is 0.725. The Bertz CT molecular complexity index is 1310. The van der Waals surface area contributed by atoms with Crippen LogP contribution in [-0.4, -0.2) is 116 Å². The van der Waals surface area contributed by atoms with E-state index in [1.165, 1.54) is 7.11 Å². The number of likely N-dealkylation sites (tertiary alicyclic amines) is 1. The molecule has 1 saturated heterocycles. The molecule has 52 heavy (non-hydrogen) atoms. The number of nitrogens with one attached hydrogen (secondary N) is 2. The summed E-state index contributed by atoms with van der Waals surface area (Å²) >= 11 is 0. The van der Waals surface area contributed by atoms with E-state index >= 15 is 0 Å². The summed E-state index contributed by atoms with van der Waals surface area (Å²) in [6.07, 6.45) is 1.03. The van der Waals surface area contributed by atoms with Gasteiger partial charge in [0.25, 0.3) is 0 Å². The van der Waals surface area contributed by atoms with Crippen LogP contribution in [0.2, 0.25) is 0 Å². The molecule has 1 aromatic carbocycles. The van der Waals surface area contributed by atoms with Crippen LogP contribution in [0.3, 0.4) is 0 Å². The van der Waals surface area contributed by atoms with Crippen molar-refractivity contribution in [2.24, 2.45) is 29.6 Å². The number of carbonyl (C=O) groups excluding carboxylic acids is 4. The summed E-state index contributed by atoms with van der Waals surface area (Å²) in [6, 6.07) is 6.80. The number of carboxylic acid groups (broad SMARTS) is 1. The first-order chi connectivity index (χ1) is 24.5. The Balaban J connectivity index is 2.26. The maximum Gasteiger partial charge on any atom is 0.326 e. The van der Waals surface area contributed by atoms with Gasteiger partial charge in [-0.1, -0.05) is 85.2 Å². The molecule has 0 aliphatic carbocycles. The number of ether oxygens (including phenoxy) is 2. The number of methoxy groups -OCH3 is 2. The first-order valence-corrected chi connectivity index (χ1v) is 18.9. The number of rotatable bonds is 22. The number of aliphatic carboxylic acids is 1. The molecule has 1 aliphatic heterocycles. The topological polar surface area (TPSA) is 155 Å². The molecule has 0 aromatic heterocycles. The molecule has 2 rings (SSSR count). The molecule has 3 N–H and O–H groups in total. The lowest BCUT2D eigenvalue weighted by atomic mass is 9.84. The van der Waals surface area contributed by atoms with Crippen LogP contribution >= 0.6 is 0 Å². The zero-order valence-electron chi connectivity index (χ0n) is 33.4. The lowest BCUT2D eigenvalue weighted by Gasteiger charge is -2.41. The quantitative estimate of drug-likeness (QED) is 0.159. The molecule has 1 unspecified atom stereocenters. The molecule has 1 heterocycles. The Hall–Kier alpha value is -3.35. The Morgan fingerprint density at radius 3 is 2.10 bits per heavy atom. The minimum absolute atomic E-state index is 0.00173. The van der Waals surface area contributed by atoms with Crippen molar-refractivity contribution in [1.82, 2.24) is 20.4 Å². The molecule has 0 radical (unpaired) electrons. The normalized spacial score (nSPS) is 19.3. The van der Waals surface area contributed by atoms with E-state index < -0.39 is 54.0 Å². The van der Waals surface area contributed by atoms with Crippen molar-refractivity contribution in [3.8, 4) is 0 Å². The summed E-state index contributed by atoms with van der Waals surface area (Å²) in [5, 5.41) is 15.6. The number of amides is 3. The van der Waals surface area contributed by atoms with E-state index in [0.29, 0.717) is 13.0 Å². The zero-order valence-corrected chi connectivity index (χ0v) is 33.4. The highest BCUT2D eigenvalue weighted by molar-refractivity contribution is 5.90. The molecule has 9 atom stereocenters. The van der Waals surface area contributed by atoms with E-state index in [-0.39, 0.29) is 60.7 Å². The van der Waals surface area contributed by atoms with Crippen LogP contribution in [0.5, 0.6) is 0 Å². The van der Waals surface area contributed by atoms with Gasteiger partial charge in [-0.3, -0.25) is 19.2 Å². The van der Waals surface area contributed by atoms with Crippen LogP contribution in [0, 0.1) is 29.6 Å². The summed E-state index contributed by atoms with van der Waals surface area (Å²) in [7, 11) is 6.56. The Morgan fingerprint density at radius 1 is 0.962 bits per heavy atom. The number of likely N-dealkylation sites (N-methyl/N-ethyl adjacent to an activating group) is 2. The average Bonchev–Trinajstić information content (AvgIpc) is 3.59. The van der Waals surface area contributed by atoms with Crippen LogP contribution < -0.4 is 10.6 Å². The monoisotopic (exact) mass is 730 g/mol. The maximum absolute atomic E-state index is 14.2. The van der Waals surface area contributed by atoms with Crippen molar-refractivity contribution in [3.05, 3.63) is 35.9 Å². The zero-order chi connectivity index (χ0) is 39.3. The summed E-state index contributed by atoms with van der Waals surface area (Å²) < 4.78 is 11.9. The highest BCUT2D eigenvalue weighted by atomic mass is 16.5. The van der Waals surface area contributed by atoms with Crippen LogP contribution in [0.15, 0.2) is 30.3 Å². The molecule has 0 spiro atoms. The number of carbonyl (C=O) groups is 5. The van der Waals surface area contributed by atoms with Gasteiger partial charge in [-0.15, -0.1) is 0 Å². The molecule has 0 bridgehead atoms. The van der Waals surface area contributed by atoms with E-state index in [1.54, 1.807) is 37.9 Å². The molecular weight excluding hydrogens is 664 g/mol. The lowest BCUT2D eigenvalue weighted by molar-refractivity contribution is -0.149. The van der Waals surface area contributed by atoms with Gasteiger partial charge >= 0.3 is 5.97 Å². The summed E-state index contributed by atoms with van der Waals surface area (Å²) in [5.74, 6) is -3.20. The predicted octanol–water partition coefficient (Wildman–Crippen LogP) is 4.19. The lowest BCUT2D eigenvalue weighted by Crippen LogP contribution is -2.55. The SMILES string of the molecule is CC[C@H](C)[C@@H]([C@@H](CC(=O)N1CCC[C@H]1[C@H](OC)[C@@H](C)C(=O)N[C@@H](Cc1ccccc1)C(=O)O)OC)N(C)C(=O)C(CC(=O)[C@@H](NC)C(C)C)C(C)C. The number of hydrogen-bond donors (Lipinski definition) is 3. The van der Waals surface area contributed by atoms with Gasteiger partial charge in [-0.05, 0) is 43.2 Å². The number of ketones is 1. The second kappa shape index (κ2) is 21.4. The number of carboxylic acids is 1. The Morgan fingerprint density at radius 2 is 1.60 bits per heavy atom. The van der Waals surface area contributed by atoms with Gasteiger partial charge in [0.05, 0.1) is 42.7 Å². The molecule has 294 valence electrons. The van der Waals surface area contributed by atoms with Gasteiger partial charge < -0.3 is 35.0 Å². The van der Waals surface area contributed by atoms with E-state index in [2.05, 4.69) is 10.6 Å². The second-order valence-corrected chi connectivity index (χ2v) is 15.2. The third-order valence-electron chi connectivity index (χ3n) is 11.0. The maximum atomic E-state index is 14.2. The first kappa shape index (κ1) is 44.8. The van der Waals surface area contributed by atoms with Crippen molar-refractivity contribution < 1.29 is 38.6 Å². The Labute approximate surface area is 311 Å². The summed E-state index contributed by atoms with van der Waals surface area (Å²) in [5.41, 5.74) is 0.788. The van der Waals surface area contributed by atoms with Crippen LogP contribution in [0.25, 0.3) is 0 Å². The van der Waals surface area contributed by atoms with E-state index in [0.717, 1.165) is 18.4 Å². The molecule has 1 aromatic rings. The average molecular weight is 731 g/mol. The molecular formula is C40H66N4O8. The minimum atomic E-state index is -1.13. The van der Waals surface area contributed by atoms with Gasteiger partial charge in [-0.25, -0.2) is 4.79 Å². The summed E-state index contributed by atoms with van der Waals surface area (Å²) in [6.45, 7) is 14.1. The number of Topliss-reactive ketones (excluding diaryl/α,β-unsaturated/α-hetero) is 1.